The standard InChI is InChI=1S/C23H28N2O/c1-16(26)24-22(18-9-7-10-19(14-18)23(2,3)4)15-20-13-12-17-8-5-6-11-21(17)25-20/h5-14,20,22,25H,15H2,1-4H3,(H,24,26)/t20?,22-/m1/s1. The highest BCUT2D eigenvalue weighted by molar-refractivity contribution is 5.74. The molecule has 0 saturated carbocycles. The van der Waals surface area contributed by atoms with E-state index in [2.05, 4.69) is 80.0 Å². The van der Waals surface area contributed by atoms with E-state index in [1.807, 2.05) is 12.1 Å². The molecule has 1 amide bonds. The molecular weight excluding hydrogens is 320 g/mol. The highest BCUT2D eigenvalue weighted by atomic mass is 16.1. The Morgan fingerprint density at radius 2 is 1.92 bits per heavy atom. The van der Waals surface area contributed by atoms with Gasteiger partial charge in [0.2, 0.25) is 5.91 Å². The van der Waals surface area contributed by atoms with Crippen molar-refractivity contribution in [1.82, 2.24) is 5.32 Å². The number of nitrogens with one attached hydrogen (secondary N) is 2. The zero-order valence-electron chi connectivity index (χ0n) is 16.0. The number of anilines is 1. The first-order chi connectivity index (χ1) is 12.3. The lowest BCUT2D eigenvalue weighted by Crippen LogP contribution is -2.32. The van der Waals surface area contributed by atoms with E-state index in [4.69, 9.17) is 0 Å². The van der Waals surface area contributed by atoms with Gasteiger partial charge in [0.15, 0.2) is 0 Å². The van der Waals surface area contributed by atoms with Crippen LogP contribution in [-0.4, -0.2) is 11.9 Å². The summed E-state index contributed by atoms with van der Waals surface area (Å²) < 4.78 is 0. The molecule has 2 aromatic carbocycles. The van der Waals surface area contributed by atoms with E-state index in [0.29, 0.717) is 0 Å². The molecule has 136 valence electrons. The number of hydrogen-bond donors (Lipinski definition) is 2. The molecule has 3 rings (SSSR count). The van der Waals surface area contributed by atoms with E-state index in [9.17, 15) is 4.79 Å². The fourth-order valence-corrected chi connectivity index (χ4v) is 3.38. The van der Waals surface area contributed by atoms with Crippen molar-refractivity contribution >= 4 is 17.7 Å². The van der Waals surface area contributed by atoms with Crippen molar-refractivity contribution in [2.24, 2.45) is 0 Å². The van der Waals surface area contributed by atoms with Gasteiger partial charge in [0.1, 0.15) is 0 Å². The molecule has 0 aromatic heterocycles. The minimum Gasteiger partial charge on any atom is -0.378 e. The van der Waals surface area contributed by atoms with Gasteiger partial charge in [-0.3, -0.25) is 4.79 Å². The van der Waals surface area contributed by atoms with Crippen LogP contribution in [0.25, 0.3) is 6.08 Å². The van der Waals surface area contributed by atoms with Gasteiger partial charge in [-0.2, -0.15) is 0 Å². The minimum absolute atomic E-state index is 0.00338. The predicted molar refractivity (Wildman–Crippen MR) is 109 cm³/mol. The normalized spacial score (nSPS) is 17.2. The van der Waals surface area contributed by atoms with Crippen LogP contribution in [-0.2, 0) is 10.2 Å². The number of carbonyl (C=O) groups excluding carboxylic acids is 1. The van der Waals surface area contributed by atoms with Crippen LogP contribution < -0.4 is 10.6 Å². The highest BCUT2D eigenvalue weighted by Crippen LogP contribution is 2.30. The zero-order chi connectivity index (χ0) is 18.7. The van der Waals surface area contributed by atoms with Crippen molar-refractivity contribution in [2.75, 3.05) is 5.32 Å². The Hall–Kier alpha value is -2.55. The Labute approximate surface area is 156 Å². The zero-order valence-corrected chi connectivity index (χ0v) is 16.0. The summed E-state index contributed by atoms with van der Waals surface area (Å²) in [5.41, 5.74) is 4.86. The number of para-hydroxylation sites is 1. The van der Waals surface area contributed by atoms with Gasteiger partial charge in [0.05, 0.1) is 6.04 Å². The molecule has 3 nitrogen and oxygen atoms in total. The van der Waals surface area contributed by atoms with E-state index >= 15 is 0 Å². The maximum atomic E-state index is 11.8. The van der Waals surface area contributed by atoms with Crippen LogP contribution >= 0.6 is 0 Å². The topological polar surface area (TPSA) is 41.1 Å². The highest BCUT2D eigenvalue weighted by Gasteiger charge is 2.22. The quantitative estimate of drug-likeness (QED) is 0.811. The van der Waals surface area contributed by atoms with Crippen LogP contribution in [0.4, 0.5) is 5.69 Å². The van der Waals surface area contributed by atoms with Crippen molar-refractivity contribution < 1.29 is 4.79 Å². The molecule has 1 unspecified atom stereocenters. The van der Waals surface area contributed by atoms with Crippen molar-refractivity contribution in [3.63, 3.8) is 0 Å². The number of rotatable bonds is 4. The molecule has 2 N–H and O–H groups in total. The second kappa shape index (κ2) is 7.36. The average molecular weight is 348 g/mol. The van der Waals surface area contributed by atoms with E-state index in [1.54, 1.807) is 6.92 Å². The fraction of sp³-hybridized carbons (Fsp3) is 0.348. The summed E-state index contributed by atoms with van der Waals surface area (Å²) in [6.07, 6.45) is 5.15. The fourth-order valence-electron chi connectivity index (χ4n) is 3.38. The summed E-state index contributed by atoms with van der Waals surface area (Å²) in [6, 6.07) is 17.0. The first kappa shape index (κ1) is 18.2. The number of carbonyl (C=O) groups is 1. The van der Waals surface area contributed by atoms with Gasteiger partial charge in [-0.15, -0.1) is 0 Å². The van der Waals surface area contributed by atoms with Gasteiger partial charge in [0.25, 0.3) is 0 Å². The maximum absolute atomic E-state index is 11.8. The van der Waals surface area contributed by atoms with Gasteiger partial charge in [-0.05, 0) is 34.6 Å². The molecule has 0 radical (unpaired) electrons. The van der Waals surface area contributed by atoms with Crippen LogP contribution in [0, 0.1) is 0 Å². The number of hydrogen-bond acceptors (Lipinski definition) is 2. The lowest BCUT2D eigenvalue weighted by Gasteiger charge is -2.28. The summed E-state index contributed by atoms with van der Waals surface area (Å²) in [7, 11) is 0. The van der Waals surface area contributed by atoms with E-state index in [1.165, 1.54) is 11.1 Å². The largest absolute Gasteiger partial charge is 0.378 e. The molecule has 0 spiro atoms. The summed E-state index contributed by atoms with van der Waals surface area (Å²) >= 11 is 0. The molecule has 0 saturated heterocycles. The lowest BCUT2D eigenvalue weighted by molar-refractivity contribution is -0.119. The number of fused-ring (bicyclic) bond motifs is 1. The Balaban J connectivity index is 1.83. The predicted octanol–water partition coefficient (Wildman–Crippen LogP) is 5.06. The molecule has 1 heterocycles. The first-order valence-electron chi connectivity index (χ1n) is 9.24. The first-order valence-corrected chi connectivity index (χ1v) is 9.24. The Morgan fingerprint density at radius 1 is 1.15 bits per heavy atom. The van der Waals surface area contributed by atoms with Crippen LogP contribution in [0.3, 0.4) is 0 Å². The lowest BCUT2D eigenvalue weighted by atomic mass is 9.84. The van der Waals surface area contributed by atoms with E-state index < -0.39 is 0 Å². The molecule has 0 fully saturated rings. The molecule has 2 atom stereocenters. The molecular formula is C23H28N2O. The second-order valence-corrected chi connectivity index (χ2v) is 8.06. The Bertz CT molecular complexity index is 817. The minimum atomic E-state index is -0.0257. The monoisotopic (exact) mass is 348 g/mol. The third-order valence-electron chi connectivity index (χ3n) is 4.83. The van der Waals surface area contributed by atoms with Crippen molar-refractivity contribution in [3.8, 4) is 0 Å². The van der Waals surface area contributed by atoms with E-state index in [0.717, 1.165) is 17.7 Å². The van der Waals surface area contributed by atoms with Crippen molar-refractivity contribution in [1.29, 1.82) is 0 Å². The third kappa shape index (κ3) is 4.34. The molecule has 1 aliphatic rings. The van der Waals surface area contributed by atoms with Gasteiger partial charge >= 0.3 is 0 Å². The number of amides is 1. The molecule has 3 heteroatoms. The third-order valence-corrected chi connectivity index (χ3v) is 4.83. The van der Waals surface area contributed by atoms with Gasteiger partial charge in [-0.25, -0.2) is 0 Å². The van der Waals surface area contributed by atoms with Crippen LogP contribution in [0.1, 0.15) is 56.8 Å². The van der Waals surface area contributed by atoms with Crippen LogP contribution in [0.2, 0.25) is 0 Å². The van der Waals surface area contributed by atoms with Gasteiger partial charge in [-0.1, -0.05) is 75.4 Å². The second-order valence-electron chi connectivity index (χ2n) is 8.06. The van der Waals surface area contributed by atoms with E-state index in [-0.39, 0.29) is 23.4 Å². The SMILES string of the molecule is CC(=O)N[C@H](CC1C=Cc2ccccc2N1)c1cccc(C(C)(C)C)c1. The summed E-state index contributed by atoms with van der Waals surface area (Å²) in [4.78, 5) is 11.8. The number of benzene rings is 2. The van der Waals surface area contributed by atoms with Crippen molar-refractivity contribution in [3.05, 3.63) is 71.3 Å². The maximum Gasteiger partial charge on any atom is 0.217 e. The summed E-state index contributed by atoms with van der Waals surface area (Å²) in [6.45, 7) is 8.21. The van der Waals surface area contributed by atoms with Crippen molar-refractivity contribution in [2.45, 2.75) is 51.6 Å². The smallest absolute Gasteiger partial charge is 0.217 e. The van der Waals surface area contributed by atoms with Gasteiger partial charge in [0, 0.05) is 18.7 Å². The molecule has 0 aliphatic carbocycles. The summed E-state index contributed by atoms with van der Waals surface area (Å²) in [5.74, 6) is -0.00338. The van der Waals surface area contributed by atoms with Crippen LogP contribution in [0.15, 0.2) is 54.6 Å². The van der Waals surface area contributed by atoms with Gasteiger partial charge < -0.3 is 10.6 Å². The summed E-state index contributed by atoms with van der Waals surface area (Å²) in [5, 5.41) is 6.71. The Kier molecular flexibility index (Phi) is 5.17. The molecule has 0 bridgehead atoms. The average Bonchev–Trinajstić information content (AvgIpc) is 2.60. The Morgan fingerprint density at radius 3 is 2.65 bits per heavy atom. The molecule has 26 heavy (non-hydrogen) atoms. The molecule has 1 aliphatic heterocycles. The van der Waals surface area contributed by atoms with Crippen LogP contribution in [0.5, 0.6) is 0 Å². The molecule has 2 aromatic rings.